The van der Waals surface area contributed by atoms with E-state index in [1.165, 1.54) is 38.5 Å². The molecule has 0 spiro atoms. The lowest BCUT2D eigenvalue weighted by Crippen LogP contribution is -2.37. The van der Waals surface area contributed by atoms with E-state index in [1.807, 2.05) is 0 Å². The van der Waals surface area contributed by atoms with Gasteiger partial charge in [0.2, 0.25) is 0 Å². The summed E-state index contributed by atoms with van der Waals surface area (Å²) in [6.45, 7) is 6.67. The maximum atomic E-state index is 6.54. The average Bonchev–Trinajstić information content (AvgIpc) is 2.72. The van der Waals surface area contributed by atoms with Crippen LogP contribution in [0.3, 0.4) is 0 Å². The highest BCUT2D eigenvalue weighted by molar-refractivity contribution is 6.40. The second-order valence-corrected chi connectivity index (χ2v) is 7.14. The van der Waals surface area contributed by atoms with Gasteiger partial charge in [0.05, 0.1) is 15.7 Å². The number of rotatable bonds is 3. The van der Waals surface area contributed by atoms with Crippen molar-refractivity contribution in [3.05, 3.63) is 0 Å². The topological polar surface area (TPSA) is 0 Å². The molecule has 0 aromatic rings. The van der Waals surface area contributed by atoms with E-state index in [2.05, 4.69) is 20.8 Å². The van der Waals surface area contributed by atoms with Crippen molar-refractivity contribution in [1.82, 2.24) is 0 Å². The Labute approximate surface area is 110 Å². The van der Waals surface area contributed by atoms with Gasteiger partial charge in [-0.3, -0.25) is 0 Å². The zero-order valence-corrected chi connectivity index (χ0v) is 11.8. The third kappa shape index (κ3) is 2.34. The van der Waals surface area contributed by atoms with Gasteiger partial charge >= 0.3 is 0 Å². The minimum absolute atomic E-state index is 0.0468. The van der Waals surface area contributed by atoms with Crippen LogP contribution in [0.1, 0.15) is 65.7 Å². The third-order valence-electron chi connectivity index (χ3n) is 5.97. The van der Waals surface area contributed by atoms with Crippen molar-refractivity contribution >= 4 is 15.7 Å². The Kier molecular flexibility index (Phi) is 3.72. The largest absolute Gasteiger partial charge is 0.0913 e. The van der Waals surface area contributed by atoms with E-state index in [0.717, 1.165) is 18.3 Å². The van der Waals surface area contributed by atoms with Crippen LogP contribution >= 0.6 is 0 Å². The van der Waals surface area contributed by atoms with E-state index in [1.54, 1.807) is 0 Å². The fraction of sp³-hybridized carbons (Fsp3) is 1.00. The van der Waals surface area contributed by atoms with Crippen molar-refractivity contribution in [3.8, 4) is 0 Å². The summed E-state index contributed by atoms with van der Waals surface area (Å²) in [5, 5.41) is -0.487. The van der Waals surface area contributed by atoms with Gasteiger partial charge in [-0.15, -0.1) is 0 Å². The molecule has 0 aromatic carbocycles. The number of fused-ring (bicyclic) bond motifs is 1. The molecule has 2 unspecified atom stereocenters. The van der Waals surface area contributed by atoms with Gasteiger partial charge in [-0.1, -0.05) is 64.0 Å². The summed E-state index contributed by atoms with van der Waals surface area (Å²) in [6, 6.07) is 0. The smallest absolute Gasteiger partial charge is 0.0631 e. The average molecular weight is 228 g/mol. The lowest BCUT2D eigenvalue weighted by molar-refractivity contribution is 0.221. The molecular weight excluding hydrogens is 202 g/mol. The second kappa shape index (κ2) is 4.67. The molecule has 0 bridgehead atoms. The van der Waals surface area contributed by atoms with Crippen LogP contribution in [0.2, 0.25) is 5.21 Å². The van der Waals surface area contributed by atoms with Gasteiger partial charge in [-0.05, 0) is 30.1 Å². The Morgan fingerprint density at radius 3 is 1.88 bits per heavy atom. The van der Waals surface area contributed by atoms with Gasteiger partial charge in [0.25, 0.3) is 0 Å². The summed E-state index contributed by atoms with van der Waals surface area (Å²) < 4.78 is 0. The number of hydrogen-bond donors (Lipinski definition) is 0. The molecule has 2 aliphatic carbocycles. The van der Waals surface area contributed by atoms with Crippen molar-refractivity contribution in [2.45, 2.75) is 70.9 Å². The minimum Gasteiger partial charge on any atom is -0.0913 e. The highest BCUT2D eigenvalue weighted by atomic mass is 14.5. The van der Waals surface area contributed by atoms with E-state index in [-0.39, 0.29) is 5.41 Å². The van der Waals surface area contributed by atoms with Crippen LogP contribution in [0, 0.1) is 23.2 Å². The van der Waals surface area contributed by atoms with E-state index < -0.39 is 5.21 Å². The maximum absolute atomic E-state index is 6.54. The summed E-state index contributed by atoms with van der Waals surface area (Å²) in [4.78, 5) is 0. The molecule has 0 nitrogen and oxygen atoms in total. The first-order valence-corrected chi connectivity index (χ1v) is 7.46. The van der Waals surface area contributed by atoms with Crippen molar-refractivity contribution in [2.75, 3.05) is 0 Å². The first-order valence-electron chi connectivity index (χ1n) is 7.46. The van der Waals surface area contributed by atoms with E-state index in [4.69, 9.17) is 15.7 Å². The third-order valence-corrected chi connectivity index (χ3v) is 5.97. The Hall–Kier alpha value is 0.130. The first-order chi connectivity index (χ1) is 7.88. The van der Waals surface area contributed by atoms with Crippen LogP contribution in [0.25, 0.3) is 0 Å². The maximum Gasteiger partial charge on any atom is 0.0631 e. The molecule has 0 heterocycles. The van der Waals surface area contributed by atoms with Crippen LogP contribution < -0.4 is 0 Å². The summed E-state index contributed by atoms with van der Waals surface area (Å²) in [6.07, 6.45) is 9.31. The van der Waals surface area contributed by atoms with Crippen LogP contribution in [-0.4, -0.2) is 15.7 Å². The molecule has 2 heteroatoms. The zero-order chi connectivity index (χ0) is 12.7. The van der Waals surface area contributed by atoms with Crippen molar-refractivity contribution in [1.29, 1.82) is 0 Å². The highest BCUT2D eigenvalue weighted by Gasteiger charge is 2.46. The molecule has 0 amide bonds. The van der Waals surface area contributed by atoms with Crippen LogP contribution in [0.4, 0.5) is 0 Å². The fourth-order valence-corrected chi connectivity index (χ4v) is 3.98. The van der Waals surface area contributed by atoms with Crippen molar-refractivity contribution in [3.63, 3.8) is 0 Å². The quantitative estimate of drug-likeness (QED) is 0.638. The minimum atomic E-state index is -0.487. The van der Waals surface area contributed by atoms with Crippen LogP contribution in [0.15, 0.2) is 0 Å². The monoisotopic (exact) mass is 228 g/mol. The summed E-state index contributed by atoms with van der Waals surface area (Å²) >= 11 is 0. The lowest BCUT2D eigenvalue weighted by atomic mass is 9.37. The molecule has 0 N–H and O–H groups in total. The van der Waals surface area contributed by atoms with Gasteiger partial charge in [0.15, 0.2) is 0 Å². The van der Waals surface area contributed by atoms with Crippen LogP contribution in [-0.2, 0) is 0 Å². The molecule has 2 aliphatic rings. The molecule has 0 aromatic heterocycles. The van der Waals surface area contributed by atoms with Gasteiger partial charge in [-0.2, -0.15) is 0 Å². The molecule has 0 aliphatic heterocycles. The molecule has 2 atom stereocenters. The number of hydrogen-bond acceptors (Lipinski definition) is 0. The lowest BCUT2D eigenvalue weighted by Gasteiger charge is -2.47. The Morgan fingerprint density at radius 2 is 1.47 bits per heavy atom. The molecule has 17 heavy (non-hydrogen) atoms. The van der Waals surface area contributed by atoms with Crippen LogP contribution in [0.5, 0.6) is 0 Å². The van der Waals surface area contributed by atoms with Gasteiger partial charge in [-0.25, -0.2) is 0 Å². The van der Waals surface area contributed by atoms with Crippen molar-refractivity contribution < 1.29 is 0 Å². The summed E-state index contributed by atoms with van der Waals surface area (Å²) in [5.74, 6) is 2.38. The van der Waals surface area contributed by atoms with E-state index in [9.17, 15) is 0 Å². The predicted octanol–water partition coefficient (Wildman–Crippen LogP) is 4.09. The zero-order valence-electron chi connectivity index (χ0n) is 11.8. The molecule has 2 rings (SSSR count). The summed E-state index contributed by atoms with van der Waals surface area (Å²) in [5.41, 5.74) is 0.0468. The highest BCUT2D eigenvalue weighted by Crippen LogP contribution is 2.58. The second-order valence-electron chi connectivity index (χ2n) is 7.14. The van der Waals surface area contributed by atoms with Gasteiger partial charge in [0.1, 0.15) is 0 Å². The van der Waals surface area contributed by atoms with Gasteiger partial charge < -0.3 is 0 Å². The van der Waals surface area contributed by atoms with Crippen molar-refractivity contribution in [2.24, 2.45) is 23.2 Å². The molecule has 2 fully saturated rings. The SMILES string of the molecule is [B]C([B])(C1CC2CCCCC2C1)C(C)(C)CC. The Balaban J connectivity index is 2.08. The predicted molar refractivity (Wildman–Crippen MR) is 76.4 cm³/mol. The summed E-state index contributed by atoms with van der Waals surface area (Å²) in [7, 11) is 13.1. The van der Waals surface area contributed by atoms with E-state index in [0.29, 0.717) is 5.92 Å². The van der Waals surface area contributed by atoms with Gasteiger partial charge in [0, 0.05) is 0 Å². The first kappa shape index (κ1) is 13.6. The normalized spacial score (nSPS) is 34.6. The molecule has 4 radical (unpaired) electrons. The molecular formula is C15H26B2. The Morgan fingerprint density at radius 1 is 1.00 bits per heavy atom. The molecule has 92 valence electrons. The molecule has 0 saturated heterocycles. The Bertz CT molecular complexity index is 256. The molecule has 2 saturated carbocycles. The standard InChI is InChI=1S/C15H26B2/c1-4-14(2,3)15(16,17)13-9-11-7-5-6-8-12(11)10-13/h11-13H,4-10H2,1-3H3. The fourth-order valence-electron chi connectivity index (χ4n) is 3.98. The van der Waals surface area contributed by atoms with E-state index >= 15 is 0 Å².